The van der Waals surface area contributed by atoms with E-state index in [1.54, 1.807) is 0 Å². The fourth-order valence-corrected chi connectivity index (χ4v) is 0.798. The summed E-state index contributed by atoms with van der Waals surface area (Å²) < 4.78 is 5.39. The minimum Gasteiger partial charge on any atom is -0.376 e. The molecule has 1 radical (unpaired) electrons. The fourth-order valence-electron chi connectivity index (χ4n) is 0.798. The van der Waals surface area contributed by atoms with E-state index in [1.807, 2.05) is 13.8 Å². The molecule has 2 nitrogen and oxygen atoms in total. The smallest absolute Gasteiger partial charge is 0.0580 e. The predicted octanol–water partition coefficient (Wildman–Crippen LogP) is 1.35. The van der Waals surface area contributed by atoms with Crippen molar-refractivity contribution in [3.63, 3.8) is 0 Å². The first-order chi connectivity index (χ1) is 4.66. The topological polar surface area (TPSA) is 35.2 Å². The van der Waals surface area contributed by atoms with Crippen molar-refractivity contribution in [2.45, 2.75) is 38.9 Å². The van der Waals surface area contributed by atoms with Crippen LogP contribution < -0.4 is 5.73 Å². The van der Waals surface area contributed by atoms with Crippen molar-refractivity contribution in [2.24, 2.45) is 5.73 Å². The molecule has 61 valence electrons. The Bertz CT molecular complexity index is 73.7. The van der Waals surface area contributed by atoms with Gasteiger partial charge in [0.2, 0.25) is 0 Å². The van der Waals surface area contributed by atoms with E-state index in [2.05, 4.69) is 6.92 Å². The summed E-state index contributed by atoms with van der Waals surface area (Å²) in [5.41, 5.74) is 5.32. The summed E-state index contributed by atoms with van der Waals surface area (Å²) >= 11 is 0. The third-order valence-corrected chi connectivity index (χ3v) is 1.19. The van der Waals surface area contributed by atoms with Crippen LogP contribution in [0.1, 0.15) is 26.7 Å². The van der Waals surface area contributed by atoms with Gasteiger partial charge in [-0.2, -0.15) is 0 Å². The lowest BCUT2D eigenvalue weighted by Gasteiger charge is -2.14. The highest BCUT2D eigenvalue weighted by Gasteiger charge is 2.02. The molecule has 2 heteroatoms. The van der Waals surface area contributed by atoms with Gasteiger partial charge in [-0.3, -0.25) is 0 Å². The molecule has 0 aliphatic rings. The molecule has 0 fully saturated rings. The van der Waals surface area contributed by atoms with Crippen LogP contribution in [-0.2, 0) is 4.74 Å². The molecule has 10 heavy (non-hydrogen) atoms. The van der Waals surface area contributed by atoms with Crippen LogP contribution in [0.4, 0.5) is 0 Å². The molecule has 0 saturated carbocycles. The molecular weight excluding hydrogens is 126 g/mol. The van der Waals surface area contributed by atoms with Crippen molar-refractivity contribution >= 4 is 0 Å². The Hall–Kier alpha value is -0.0800. The zero-order valence-electron chi connectivity index (χ0n) is 6.97. The molecule has 0 aliphatic heterocycles. The first kappa shape index (κ1) is 9.92. The van der Waals surface area contributed by atoms with Crippen LogP contribution in [0.5, 0.6) is 0 Å². The molecule has 0 aromatic heterocycles. The number of rotatable bonds is 5. The van der Waals surface area contributed by atoms with Gasteiger partial charge in [0, 0.05) is 0 Å². The Kier molecular flexibility index (Phi) is 5.64. The van der Waals surface area contributed by atoms with Gasteiger partial charge in [0.05, 0.1) is 12.2 Å². The lowest BCUT2D eigenvalue weighted by molar-refractivity contribution is 0.0288. The van der Waals surface area contributed by atoms with E-state index in [0.717, 1.165) is 19.4 Å². The minimum absolute atomic E-state index is 0.114. The summed E-state index contributed by atoms with van der Waals surface area (Å²) in [6, 6.07) is 0. The molecule has 0 aromatic rings. The van der Waals surface area contributed by atoms with E-state index >= 15 is 0 Å². The van der Waals surface area contributed by atoms with Crippen molar-refractivity contribution in [2.75, 3.05) is 6.54 Å². The molecular formula is C8H18NO. The molecule has 2 N–H and O–H groups in total. The van der Waals surface area contributed by atoms with Gasteiger partial charge >= 0.3 is 0 Å². The molecule has 0 rings (SSSR count). The first-order valence-electron chi connectivity index (χ1n) is 3.85. The number of nitrogens with two attached hydrogens (primary N) is 1. The van der Waals surface area contributed by atoms with Crippen molar-refractivity contribution in [3.8, 4) is 0 Å². The maximum atomic E-state index is 5.39. The summed E-state index contributed by atoms with van der Waals surface area (Å²) in [6.45, 7) is 8.60. The maximum Gasteiger partial charge on any atom is 0.0580 e. The highest BCUT2D eigenvalue weighted by Crippen LogP contribution is 2.02. The Morgan fingerprint density at radius 3 is 2.50 bits per heavy atom. The van der Waals surface area contributed by atoms with E-state index in [0.29, 0.717) is 0 Å². The van der Waals surface area contributed by atoms with Gasteiger partial charge in [0.1, 0.15) is 0 Å². The van der Waals surface area contributed by atoms with Gasteiger partial charge in [-0.15, -0.1) is 0 Å². The highest BCUT2D eigenvalue weighted by molar-refractivity contribution is 4.61. The van der Waals surface area contributed by atoms with Crippen LogP contribution in [0.3, 0.4) is 0 Å². The average molecular weight is 144 g/mol. The quantitative estimate of drug-likeness (QED) is 0.632. The number of ether oxygens (including phenoxy) is 1. The molecule has 1 unspecified atom stereocenters. The van der Waals surface area contributed by atoms with Gasteiger partial charge < -0.3 is 10.5 Å². The molecule has 0 spiro atoms. The number of hydrogen-bond donors (Lipinski definition) is 1. The van der Waals surface area contributed by atoms with Crippen LogP contribution in [0.2, 0.25) is 0 Å². The third-order valence-electron chi connectivity index (χ3n) is 1.19. The highest BCUT2D eigenvalue weighted by atomic mass is 16.5. The van der Waals surface area contributed by atoms with E-state index in [1.165, 1.54) is 0 Å². The van der Waals surface area contributed by atoms with E-state index < -0.39 is 0 Å². The van der Waals surface area contributed by atoms with Crippen molar-refractivity contribution in [1.29, 1.82) is 0 Å². The van der Waals surface area contributed by atoms with Gasteiger partial charge in [0.15, 0.2) is 0 Å². The largest absolute Gasteiger partial charge is 0.376 e. The van der Waals surface area contributed by atoms with Crippen LogP contribution in [0.25, 0.3) is 0 Å². The van der Waals surface area contributed by atoms with Gasteiger partial charge in [-0.05, 0) is 40.2 Å². The molecule has 0 amide bonds. The lowest BCUT2D eigenvalue weighted by Crippen LogP contribution is -2.15. The molecule has 0 aromatic carbocycles. The second-order valence-corrected chi connectivity index (χ2v) is 2.74. The maximum absolute atomic E-state index is 5.39. The molecule has 0 saturated heterocycles. The first-order valence-corrected chi connectivity index (χ1v) is 3.85. The monoisotopic (exact) mass is 144 g/mol. The van der Waals surface area contributed by atoms with Crippen LogP contribution in [0.15, 0.2) is 0 Å². The fraction of sp³-hybridized carbons (Fsp3) is 0.875. The molecule has 1 atom stereocenters. The second-order valence-electron chi connectivity index (χ2n) is 2.74. The van der Waals surface area contributed by atoms with E-state index in [4.69, 9.17) is 10.5 Å². The SMILES string of the molecule is [CH2]C(CCCN)OC(C)C. The predicted molar refractivity (Wildman–Crippen MR) is 43.7 cm³/mol. The van der Waals surface area contributed by atoms with Crippen LogP contribution in [0, 0.1) is 6.92 Å². The Morgan fingerprint density at radius 1 is 1.50 bits per heavy atom. The van der Waals surface area contributed by atoms with E-state index in [-0.39, 0.29) is 12.2 Å². The van der Waals surface area contributed by atoms with Crippen molar-refractivity contribution in [1.82, 2.24) is 0 Å². The van der Waals surface area contributed by atoms with Crippen molar-refractivity contribution < 1.29 is 4.74 Å². The molecule has 0 heterocycles. The summed E-state index contributed by atoms with van der Waals surface area (Å²) in [5.74, 6) is 0. The second kappa shape index (κ2) is 5.69. The number of hydrogen-bond acceptors (Lipinski definition) is 2. The lowest BCUT2D eigenvalue weighted by atomic mass is 10.2. The summed E-state index contributed by atoms with van der Waals surface area (Å²) in [6.07, 6.45) is 2.36. The Morgan fingerprint density at radius 2 is 2.10 bits per heavy atom. The third kappa shape index (κ3) is 6.05. The standard InChI is InChI=1S/C8H18NO/c1-7(2)10-8(3)5-4-6-9/h7-8H,3-6,9H2,1-2H3. The Labute approximate surface area is 63.7 Å². The van der Waals surface area contributed by atoms with Gasteiger partial charge in [-0.1, -0.05) is 0 Å². The Balaban J connectivity index is 3.16. The average Bonchev–Trinajstić information content (AvgIpc) is 1.82. The normalized spacial score (nSPS) is 14.1. The summed E-state index contributed by atoms with van der Waals surface area (Å²) in [4.78, 5) is 0. The van der Waals surface area contributed by atoms with Gasteiger partial charge in [0.25, 0.3) is 0 Å². The molecule has 0 aliphatic carbocycles. The summed E-state index contributed by atoms with van der Waals surface area (Å²) in [7, 11) is 0. The molecule has 0 bridgehead atoms. The van der Waals surface area contributed by atoms with Crippen LogP contribution >= 0.6 is 0 Å². The summed E-state index contributed by atoms with van der Waals surface area (Å²) in [5, 5.41) is 0. The zero-order valence-corrected chi connectivity index (χ0v) is 6.97. The minimum atomic E-state index is 0.114. The van der Waals surface area contributed by atoms with E-state index in [9.17, 15) is 0 Å². The van der Waals surface area contributed by atoms with Gasteiger partial charge in [-0.25, -0.2) is 0 Å². The van der Waals surface area contributed by atoms with Crippen LogP contribution in [-0.4, -0.2) is 18.8 Å². The van der Waals surface area contributed by atoms with Crippen molar-refractivity contribution in [3.05, 3.63) is 6.92 Å². The zero-order chi connectivity index (χ0) is 7.98.